The molecule has 0 aromatic heterocycles. The van der Waals surface area contributed by atoms with Gasteiger partial charge in [-0.3, -0.25) is 10.1 Å². The maximum atomic E-state index is 13.9. The molecular weight excluding hydrogens is 570 g/mol. The topological polar surface area (TPSA) is 100 Å². The highest BCUT2D eigenvalue weighted by atomic mass is 127. The first kappa shape index (κ1) is 24.3. The SMILES string of the molecule is COc1cc(/C=C2\N=C(c3ccc(C)c([N+](=O)[O-])c3)OC2=O)cc(I)c1OCc1ccccc1F. The van der Waals surface area contributed by atoms with E-state index in [1.807, 2.05) is 0 Å². The average Bonchev–Trinajstić information content (AvgIpc) is 3.19. The van der Waals surface area contributed by atoms with Crippen molar-refractivity contribution in [3.05, 3.63) is 102 Å². The number of esters is 1. The molecule has 0 radical (unpaired) electrons. The van der Waals surface area contributed by atoms with Crippen molar-refractivity contribution in [1.82, 2.24) is 0 Å². The molecule has 0 atom stereocenters. The molecule has 0 fully saturated rings. The molecule has 8 nitrogen and oxygen atoms in total. The summed E-state index contributed by atoms with van der Waals surface area (Å²) in [6.45, 7) is 1.64. The van der Waals surface area contributed by atoms with Crippen LogP contribution in [0.1, 0.15) is 22.3 Å². The number of nitro groups is 1. The number of aryl methyl sites for hydroxylation is 1. The van der Waals surface area contributed by atoms with E-state index in [1.165, 1.54) is 25.3 Å². The third-order valence-electron chi connectivity index (χ3n) is 5.16. The van der Waals surface area contributed by atoms with E-state index in [4.69, 9.17) is 14.2 Å². The largest absolute Gasteiger partial charge is 0.493 e. The second-order valence-electron chi connectivity index (χ2n) is 7.51. The fourth-order valence-electron chi connectivity index (χ4n) is 3.36. The van der Waals surface area contributed by atoms with Crippen LogP contribution in [0.2, 0.25) is 0 Å². The van der Waals surface area contributed by atoms with E-state index in [9.17, 15) is 19.3 Å². The van der Waals surface area contributed by atoms with Crippen molar-refractivity contribution in [2.24, 2.45) is 4.99 Å². The van der Waals surface area contributed by atoms with Gasteiger partial charge in [-0.2, -0.15) is 0 Å². The Balaban J connectivity index is 1.61. The van der Waals surface area contributed by atoms with Crippen LogP contribution in [0.3, 0.4) is 0 Å². The lowest BCUT2D eigenvalue weighted by Gasteiger charge is -2.14. The summed E-state index contributed by atoms with van der Waals surface area (Å²) < 4.78 is 31.1. The molecule has 0 N–H and O–H groups in total. The van der Waals surface area contributed by atoms with Crippen molar-refractivity contribution in [3.63, 3.8) is 0 Å². The maximum absolute atomic E-state index is 13.9. The van der Waals surface area contributed by atoms with Crippen LogP contribution < -0.4 is 9.47 Å². The van der Waals surface area contributed by atoms with Gasteiger partial charge >= 0.3 is 5.97 Å². The Bertz CT molecular complexity index is 1400. The molecule has 3 aromatic carbocycles. The summed E-state index contributed by atoms with van der Waals surface area (Å²) in [5, 5.41) is 11.2. The highest BCUT2D eigenvalue weighted by Gasteiger charge is 2.26. The molecule has 0 spiro atoms. The average molecular weight is 588 g/mol. The molecule has 0 aliphatic carbocycles. The molecule has 1 aliphatic heterocycles. The number of methoxy groups -OCH3 is 1. The minimum absolute atomic E-state index is 0.0160. The number of ether oxygens (including phenoxy) is 3. The van der Waals surface area contributed by atoms with Gasteiger partial charge in [-0.05, 0) is 65.4 Å². The zero-order valence-corrected chi connectivity index (χ0v) is 20.7. The third kappa shape index (κ3) is 5.32. The van der Waals surface area contributed by atoms with Crippen LogP contribution in [0.5, 0.6) is 11.5 Å². The Morgan fingerprint density at radius 1 is 1.20 bits per heavy atom. The van der Waals surface area contributed by atoms with Crippen molar-refractivity contribution in [1.29, 1.82) is 0 Å². The monoisotopic (exact) mass is 588 g/mol. The molecule has 0 bridgehead atoms. The summed E-state index contributed by atoms with van der Waals surface area (Å²) in [4.78, 5) is 27.4. The Hall–Kier alpha value is -3.80. The summed E-state index contributed by atoms with van der Waals surface area (Å²) in [6.07, 6.45) is 1.52. The van der Waals surface area contributed by atoms with Crippen molar-refractivity contribution in [2.75, 3.05) is 7.11 Å². The molecule has 0 saturated heterocycles. The molecule has 178 valence electrons. The first-order chi connectivity index (χ1) is 16.8. The number of halogens is 2. The Kier molecular flexibility index (Phi) is 7.10. The Labute approximate surface area is 213 Å². The van der Waals surface area contributed by atoms with E-state index >= 15 is 0 Å². The Morgan fingerprint density at radius 3 is 2.69 bits per heavy atom. The van der Waals surface area contributed by atoms with E-state index in [1.54, 1.807) is 49.4 Å². The quantitative estimate of drug-likeness (QED) is 0.118. The molecule has 1 heterocycles. The predicted octanol–water partition coefficient (Wildman–Crippen LogP) is 5.58. The third-order valence-corrected chi connectivity index (χ3v) is 5.96. The van der Waals surface area contributed by atoms with Crippen LogP contribution in [-0.2, 0) is 16.1 Å². The van der Waals surface area contributed by atoms with Crippen LogP contribution >= 0.6 is 22.6 Å². The standard InChI is InChI=1S/C25H18FIN2O6/c1-14-7-8-16(12-21(14)29(31)32)24-28-20(25(30)35-24)10-15-9-19(27)23(22(11-15)33-2)34-13-17-5-3-4-6-18(17)26/h3-12H,13H2,1-2H3/b20-10-. The van der Waals surface area contributed by atoms with Gasteiger partial charge in [0.1, 0.15) is 12.4 Å². The van der Waals surface area contributed by atoms with Crippen LogP contribution in [0.4, 0.5) is 10.1 Å². The van der Waals surface area contributed by atoms with E-state index in [0.29, 0.717) is 37.3 Å². The van der Waals surface area contributed by atoms with Gasteiger partial charge in [0.2, 0.25) is 5.90 Å². The second-order valence-corrected chi connectivity index (χ2v) is 8.67. The van der Waals surface area contributed by atoms with Crippen LogP contribution in [0.15, 0.2) is 65.3 Å². The van der Waals surface area contributed by atoms with E-state index in [-0.39, 0.29) is 29.7 Å². The van der Waals surface area contributed by atoms with Crippen molar-refractivity contribution >= 4 is 46.2 Å². The zero-order valence-electron chi connectivity index (χ0n) is 18.6. The number of rotatable bonds is 7. The fourth-order valence-corrected chi connectivity index (χ4v) is 4.14. The molecular formula is C25H18FIN2O6. The fraction of sp³-hybridized carbons (Fsp3) is 0.120. The van der Waals surface area contributed by atoms with E-state index in [0.717, 1.165) is 0 Å². The number of nitro benzene ring substituents is 1. The number of aliphatic imine (C=N–C) groups is 1. The van der Waals surface area contributed by atoms with Crippen molar-refractivity contribution in [2.45, 2.75) is 13.5 Å². The number of carbonyl (C=O) groups excluding carboxylic acids is 1. The van der Waals surface area contributed by atoms with Gasteiger partial charge < -0.3 is 14.2 Å². The highest BCUT2D eigenvalue weighted by molar-refractivity contribution is 14.1. The van der Waals surface area contributed by atoms with Gasteiger partial charge in [-0.25, -0.2) is 14.2 Å². The smallest absolute Gasteiger partial charge is 0.363 e. The van der Waals surface area contributed by atoms with Gasteiger partial charge in [0.25, 0.3) is 5.69 Å². The number of nitrogens with zero attached hydrogens (tertiary/aromatic N) is 2. The number of hydrogen-bond donors (Lipinski definition) is 0. The maximum Gasteiger partial charge on any atom is 0.363 e. The molecule has 0 amide bonds. The van der Waals surface area contributed by atoms with E-state index < -0.39 is 10.9 Å². The summed E-state index contributed by atoms with van der Waals surface area (Å²) in [5.41, 5.74) is 1.74. The minimum atomic E-state index is -0.683. The normalized spacial score (nSPS) is 14.0. The first-order valence-electron chi connectivity index (χ1n) is 10.3. The Morgan fingerprint density at radius 2 is 1.97 bits per heavy atom. The summed E-state index contributed by atoms with van der Waals surface area (Å²) >= 11 is 2.06. The highest BCUT2D eigenvalue weighted by Crippen LogP contribution is 2.36. The lowest BCUT2D eigenvalue weighted by molar-refractivity contribution is -0.385. The van der Waals surface area contributed by atoms with Gasteiger partial charge in [0.05, 0.1) is 15.6 Å². The predicted molar refractivity (Wildman–Crippen MR) is 135 cm³/mol. The molecule has 4 rings (SSSR count). The number of cyclic esters (lactones) is 1. The molecule has 35 heavy (non-hydrogen) atoms. The lowest BCUT2D eigenvalue weighted by atomic mass is 10.1. The van der Waals surface area contributed by atoms with Crippen LogP contribution in [0, 0.1) is 26.4 Å². The molecule has 1 aliphatic rings. The van der Waals surface area contributed by atoms with Crippen LogP contribution in [-0.4, -0.2) is 23.9 Å². The van der Waals surface area contributed by atoms with Crippen molar-refractivity contribution < 1.29 is 28.3 Å². The van der Waals surface area contributed by atoms with Crippen molar-refractivity contribution in [3.8, 4) is 11.5 Å². The summed E-state index contributed by atoms with van der Waals surface area (Å²) in [6, 6.07) is 14.2. The summed E-state index contributed by atoms with van der Waals surface area (Å²) in [7, 11) is 1.47. The minimum Gasteiger partial charge on any atom is -0.493 e. The number of carbonyl (C=O) groups is 1. The number of benzene rings is 3. The lowest BCUT2D eigenvalue weighted by Crippen LogP contribution is -2.06. The van der Waals surface area contributed by atoms with E-state index in [2.05, 4.69) is 27.6 Å². The zero-order chi connectivity index (χ0) is 25.1. The molecule has 0 saturated carbocycles. The van der Waals surface area contributed by atoms with Crippen LogP contribution in [0.25, 0.3) is 6.08 Å². The van der Waals surface area contributed by atoms with Gasteiger partial charge in [-0.15, -0.1) is 0 Å². The first-order valence-corrected chi connectivity index (χ1v) is 11.4. The molecule has 3 aromatic rings. The van der Waals surface area contributed by atoms with Gasteiger partial charge in [0.15, 0.2) is 17.2 Å². The van der Waals surface area contributed by atoms with Gasteiger partial charge in [0, 0.05) is 22.8 Å². The second kappa shape index (κ2) is 10.2. The summed E-state index contributed by atoms with van der Waals surface area (Å²) in [5.74, 6) is -0.239. The number of hydrogen-bond acceptors (Lipinski definition) is 7. The molecule has 0 unspecified atom stereocenters. The molecule has 10 heteroatoms. The van der Waals surface area contributed by atoms with Gasteiger partial charge in [-0.1, -0.05) is 24.3 Å².